The highest BCUT2D eigenvalue weighted by molar-refractivity contribution is 5.37. The van der Waals surface area contributed by atoms with Crippen molar-refractivity contribution in [2.45, 2.75) is 12.8 Å². The van der Waals surface area contributed by atoms with E-state index in [-0.39, 0.29) is 0 Å². The van der Waals surface area contributed by atoms with Crippen LogP contribution in [0.15, 0.2) is 36.5 Å². The van der Waals surface area contributed by atoms with Gasteiger partial charge in [0.2, 0.25) is 0 Å². The molecule has 0 nitrogen and oxygen atoms in total. The van der Waals surface area contributed by atoms with Crippen molar-refractivity contribution in [2.75, 3.05) is 0 Å². The number of rotatable bonds is 1. The Kier molecular flexibility index (Phi) is 0.774. The summed E-state index contributed by atoms with van der Waals surface area (Å²) in [6, 6.07) is 0. The summed E-state index contributed by atoms with van der Waals surface area (Å²) in [5.74, 6) is 0. The molecule has 2 bridgehead atoms. The Balaban J connectivity index is 2.34. The van der Waals surface area contributed by atoms with Crippen molar-refractivity contribution in [3.8, 4) is 0 Å². The van der Waals surface area contributed by atoms with Gasteiger partial charge in [-0.05, 0) is 12.8 Å². The predicted molar refractivity (Wildman–Crippen MR) is 39.1 cm³/mol. The Morgan fingerprint density at radius 1 is 1.56 bits per heavy atom. The Hall–Kier alpha value is -0.780. The topological polar surface area (TPSA) is 0 Å². The smallest absolute Gasteiger partial charge is 0.0136 e. The fourth-order valence-corrected chi connectivity index (χ4v) is 1.62. The fourth-order valence-electron chi connectivity index (χ4n) is 1.62. The van der Waals surface area contributed by atoms with Crippen LogP contribution >= 0.6 is 0 Å². The van der Waals surface area contributed by atoms with Crippen molar-refractivity contribution < 1.29 is 0 Å². The molecule has 9 heavy (non-hydrogen) atoms. The number of hydrogen-bond acceptors (Lipinski definition) is 0. The molecule has 3 rings (SSSR count). The van der Waals surface area contributed by atoms with Crippen LogP contribution in [-0.2, 0) is 0 Å². The van der Waals surface area contributed by atoms with Gasteiger partial charge in [0.05, 0.1) is 0 Å². The zero-order valence-electron chi connectivity index (χ0n) is 5.43. The molecule has 1 fully saturated rings. The summed E-state index contributed by atoms with van der Waals surface area (Å²) in [6.07, 6.45) is 11.1. The molecule has 0 radical (unpaired) electrons. The number of allylic oxidation sites excluding steroid dienone is 5. The van der Waals surface area contributed by atoms with Crippen LogP contribution in [0.5, 0.6) is 0 Å². The molecule has 0 aromatic heterocycles. The predicted octanol–water partition coefficient (Wildman–Crippen LogP) is 2.45. The lowest BCUT2D eigenvalue weighted by atomic mass is 9.63. The van der Waals surface area contributed by atoms with Crippen LogP contribution in [0.4, 0.5) is 0 Å². The maximum Gasteiger partial charge on any atom is 0.0136 e. The van der Waals surface area contributed by atoms with Gasteiger partial charge in [-0.2, -0.15) is 0 Å². The van der Waals surface area contributed by atoms with Crippen LogP contribution in [0.2, 0.25) is 0 Å². The van der Waals surface area contributed by atoms with E-state index in [0.717, 1.165) is 0 Å². The molecule has 3 aliphatic carbocycles. The van der Waals surface area contributed by atoms with Crippen LogP contribution in [0.25, 0.3) is 0 Å². The van der Waals surface area contributed by atoms with Gasteiger partial charge < -0.3 is 0 Å². The molecular formula is C9H10. The van der Waals surface area contributed by atoms with E-state index >= 15 is 0 Å². The summed E-state index contributed by atoms with van der Waals surface area (Å²) < 4.78 is 0. The van der Waals surface area contributed by atoms with Crippen LogP contribution in [-0.4, -0.2) is 0 Å². The molecule has 46 valence electrons. The average molecular weight is 118 g/mol. The minimum absolute atomic E-state index is 0.379. The minimum atomic E-state index is 0.379. The van der Waals surface area contributed by atoms with Crippen molar-refractivity contribution >= 4 is 0 Å². The van der Waals surface area contributed by atoms with Gasteiger partial charge in [-0.3, -0.25) is 0 Å². The second-order valence-electron chi connectivity index (χ2n) is 2.97. The Bertz CT molecular complexity index is 198. The number of hydrogen-bond donors (Lipinski definition) is 0. The Morgan fingerprint density at radius 3 is 2.67 bits per heavy atom. The third kappa shape index (κ3) is 0.533. The van der Waals surface area contributed by atoms with Crippen LogP contribution in [0.1, 0.15) is 12.8 Å². The first-order valence-electron chi connectivity index (χ1n) is 3.36. The quantitative estimate of drug-likeness (QED) is 0.464. The van der Waals surface area contributed by atoms with E-state index in [1.807, 2.05) is 0 Å². The van der Waals surface area contributed by atoms with E-state index in [1.54, 1.807) is 5.57 Å². The normalized spacial score (nSPS) is 26.4. The summed E-state index contributed by atoms with van der Waals surface area (Å²) in [7, 11) is 0. The molecule has 0 heteroatoms. The van der Waals surface area contributed by atoms with Crippen molar-refractivity contribution in [3.63, 3.8) is 0 Å². The molecule has 0 aromatic carbocycles. The van der Waals surface area contributed by atoms with Crippen molar-refractivity contribution in [2.24, 2.45) is 5.41 Å². The third-order valence-corrected chi connectivity index (χ3v) is 2.28. The summed E-state index contributed by atoms with van der Waals surface area (Å²) in [6.45, 7) is 3.82. The van der Waals surface area contributed by atoms with E-state index in [0.29, 0.717) is 5.41 Å². The first-order valence-corrected chi connectivity index (χ1v) is 3.36. The van der Waals surface area contributed by atoms with Crippen LogP contribution < -0.4 is 0 Å². The fraction of sp³-hybridized carbons (Fsp3) is 0.333. The van der Waals surface area contributed by atoms with Gasteiger partial charge in [-0.15, -0.1) is 6.58 Å². The van der Waals surface area contributed by atoms with Gasteiger partial charge in [0, 0.05) is 5.41 Å². The molecule has 0 spiro atoms. The van der Waals surface area contributed by atoms with Crippen molar-refractivity contribution in [1.29, 1.82) is 0 Å². The highest BCUT2D eigenvalue weighted by Gasteiger charge is 2.36. The molecule has 0 unspecified atom stereocenters. The molecule has 0 N–H and O–H groups in total. The highest BCUT2D eigenvalue weighted by Crippen LogP contribution is 2.49. The molecule has 3 aliphatic rings. The molecule has 0 heterocycles. The molecule has 0 amide bonds. The average Bonchev–Trinajstić information content (AvgIpc) is 1.88. The van der Waals surface area contributed by atoms with Crippen molar-refractivity contribution in [1.82, 2.24) is 0 Å². The van der Waals surface area contributed by atoms with Crippen LogP contribution in [0.3, 0.4) is 0 Å². The summed E-state index contributed by atoms with van der Waals surface area (Å²) in [4.78, 5) is 0. The lowest BCUT2D eigenvalue weighted by molar-refractivity contribution is 0.372. The Labute approximate surface area is 55.6 Å². The standard InChI is InChI=1S/C9H10/c1-2-9-5-3-4-8(6-9)7-9/h2-5H,1,6-7H2. The van der Waals surface area contributed by atoms with Gasteiger partial charge in [-0.1, -0.05) is 29.9 Å². The van der Waals surface area contributed by atoms with Crippen molar-refractivity contribution in [3.05, 3.63) is 36.5 Å². The highest BCUT2D eigenvalue weighted by atomic mass is 14.4. The zero-order valence-corrected chi connectivity index (χ0v) is 5.43. The lowest BCUT2D eigenvalue weighted by Crippen LogP contribution is -2.28. The molecule has 0 atom stereocenters. The minimum Gasteiger partial charge on any atom is -0.102 e. The molecular weight excluding hydrogens is 108 g/mol. The van der Waals surface area contributed by atoms with E-state index < -0.39 is 0 Å². The maximum absolute atomic E-state index is 3.82. The second-order valence-corrected chi connectivity index (χ2v) is 2.97. The summed E-state index contributed by atoms with van der Waals surface area (Å²) in [5.41, 5.74) is 1.96. The van der Waals surface area contributed by atoms with Gasteiger partial charge >= 0.3 is 0 Å². The molecule has 0 saturated heterocycles. The maximum atomic E-state index is 3.82. The monoisotopic (exact) mass is 118 g/mol. The van der Waals surface area contributed by atoms with Gasteiger partial charge in [0.1, 0.15) is 0 Å². The largest absolute Gasteiger partial charge is 0.102 e. The summed E-state index contributed by atoms with van der Waals surface area (Å²) >= 11 is 0. The van der Waals surface area contributed by atoms with Crippen LogP contribution in [0, 0.1) is 5.41 Å². The molecule has 1 saturated carbocycles. The zero-order chi connectivity index (χ0) is 6.32. The second kappa shape index (κ2) is 1.38. The van der Waals surface area contributed by atoms with E-state index in [4.69, 9.17) is 0 Å². The Morgan fingerprint density at radius 2 is 2.33 bits per heavy atom. The first-order chi connectivity index (χ1) is 4.35. The molecule has 0 aliphatic heterocycles. The molecule has 0 aromatic rings. The summed E-state index contributed by atoms with van der Waals surface area (Å²) in [5, 5.41) is 0. The first kappa shape index (κ1) is 5.04. The van der Waals surface area contributed by atoms with Gasteiger partial charge in [0.25, 0.3) is 0 Å². The van der Waals surface area contributed by atoms with E-state index in [9.17, 15) is 0 Å². The van der Waals surface area contributed by atoms with Gasteiger partial charge in [0.15, 0.2) is 0 Å². The third-order valence-electron chi connectivity index (χ3n) is 2.28. The van der Waals surface area contributed by atoms with E-state index in [2.05, 4.69) is 30.9 Å². The van der Waals surface area contributed by atoms with E-state index in [1.165, 1.54) is 12.8 Å². The lowest BCUT2D eigenvalue weighted by Gasteiger charge is -2.41. The SMILES string of the molecule is C=CC12C=CC=C(C1)C2. The van der Waals surface area contributed by atoms with Gasteiger partial charge in [-0.25, -0.2) is 0 Å². The number of fused-ring (bicyclic) bond motifs is 1.